The van der Waals surface area contributed by atoms with Gasteiger partial charge < -0.3 is 11.5 Å². The van der Waals surface area contributed by atoms with Crippen LogP contribution in [0.1, 0.15) is 12.8 Å². The highest BCUT2D eigenvalue weighted by Crippen LogP contribution is 1.96. The first kappa shape index (κ1) is 11.4. The van der Waals surface area contributed by atoms with Crippen molar-refractivity contribution >= 4 is 18.3 Å². The van der Waals surface area contributed by atoms with Crippen LogP contribution in [-0.4, -0.2) is 24.4 Å². The molecule has 7 heteroatoms. The van der Waals surface area contributed by atoms with Crippen molar-refractivity contribution in [3.8, 4) is 0 Å². The fraction of sp³-hybridized carbons (Fsp3) is 0.500. The zero-order chi connectivity index (χ0) is 10.3. The molecule has 74 valence electrons. The molecular weight excluding hydrogens is 180 g/mol. The Kier molecular flexibility index (Phi) is 5.20. The van der Waals surface area contributed by atoms with Gasteiger partial charge in [0.25, 0.3) is 0 Å². The van der Waals surface area contributed by atoms with Gasteiger partial charge in [-0.25, -0.2) is 9.68 Å². The molecule has 0 rings (SSSR count). The van der Waals surface area contributed by atoms with Crippen LogP contribution in [0.2, 0.25) is 0 Å². The maximum absolute atomic E-state index is 10.7. The summed E-state index contributed by atoms with van der Waals surface area (Å²) >= 11 is 0. The van der Waals surface area contributed by atoms with Gasteiger partial charge in [-0.15, -0.1) is 0 Å². The van der Waals surface area contributed by atoms with Crippen molar-refractivity contribution in [2.45, 2.75) is 18.9 Å². The molecule has 0 fully saturated rings. The first-order chi connectivity index (χ1) is 6.07. The number of rotatable bonds is 6. The third kappa shape index (κ3) is 5.62. The fourth-order valence-electron chi connectivity index (χ4n) is 0.544. The number of carbonyl (C=O) groups is 3. The summed E-state index contributed by atoms with van der Waals surface area (Å²) in [7, 11) is 0. The Morgan fingerprint density at radius 2 is 2.08 bits per heavy atom. The van der Waals surface area contributed by atoms with Crippen LogP contribution in [0.25, 0.3) is 0 Å². The van der Waals surface area contributed by atoms with Crippen molar-refractivity contribution in [2.24, 2.45) is 11.5 Å². The predicted octanol–water partition coefficient (Wildman–Crippen LogP) is -1.79. The molecule has 0 saturated carbocycles. The first-order valence-electron chi connectivity index (χ1n) is 3.42. The van der Waals surface area contributed by atoms with E-state index < -0.39 is 17.9 Å². The summed E-state index contributed by atoms with van der Waals surface area (Å²) in [6, 6.07) is -1.02. The molecule has 0 aliphatic carbocycles. The van der Waals surface area contributed by atoms with E-state index in [1.807, 2.05) is 0 Å². The molecule has 0 spiro atoms. The smallest absolute Gasteiger partial charge is 0.370 e. The molecule has 4 N–H and O–H groups in total. The average molecular weight is 190 g/mol. The zero-order valence-corrected chi connectivity index (χ0v) is 6.76. The molecule has 0 heterocycles. The second-order valence-corrected chi connectivity index (χ2v) is 2.21. The second kappa shape index (κ2) is 5.95. The summed E-state index contributed by atoms with van der Waals surface area (Å²) in [5.74, 6) is -1.49. The molecule has 13 heavy (non-hydrogen) atoms. The van der Waals surface area contributed by atoms with E-state index in [1.165, 1.54) is 0 Å². The van der Waals surface area contributed by atoms with E-state index >= 15 is 0 Å². The van der Waals surface area contributed by atoms with Crippen molar-refractivity contribution in [3.63, 3.8) is 0 Å². The third-order valence-electron chi connectivity index (χ3n) is 1.17. The van der Waals surface area contributed by atoms with Crippen LogP contribution in [0, 0.1) is 0 Å². The van der Waals surface area contributed by atoms with E-state index in [1.54, 1.807) is 0 Å². The molecule has 0 bridgehead atoms. The highest BCUT2D eigenvalue weighted by atomic mass is 17.2. The van der Waals surface area contributed by atoms with Gasteiger partial charge in [-0.2, -0.15) is 0 Å². The fourth-order valence-corrected chi connectivity index (χ4v) is 0.544. The number of carbonyl (C=O) groups excluding carboxylic acids is 3. The Bertz CT molecular complexity index is 205. The highest BCUT2D eigenvalue weighted by Gasteiger charge is 2.17. The lowest BCUT2D eigenvalue weighted by atomic mass is 10.2. The third-order valence-corrected chi connectivity index (χ3v) is 1.17. The van der Waals surface area contributed by atoms with Crippen molar-refractivity contribution < 1.29 is 24.2 Å². The van der Waals surface area contributed by atoms with Gasteiger partial charge in [-0.05, 0) is 6.42 Å². The van der Waals surface area contributed by atoms with Gasteiger partial charge in [0.2, 0.25) is 5.91 Å². The molecule has 0 radical (unpaired) electrons. The van der Waals surface area contributed by atoms with Crippen LogP contribution < -0.4 is 11.5 Å². The van der Waals surface area contributed by atoms with E-state index in [2.05, 4.69) is 9.78 Å². The quantitative estimate of drug-likeness (QED) is 0.290. The van der Waals surface area contributed by atoms with Gasteiger partial charge in [0.15, 0.2) is 0 Å². The van der Waals surface area contributed by atoms with Crippen LogP contribution >= 0.6 is 0 Å². The average Bonchev–Trinajstić information content (AvgIpc) is 2.10. The SMILES string of the molecule is NC(=O)CCC(N)C(=O)OOC=O. The molecule has 0 aliphatic heterocycles. The van der Waals surface area contributed by atoms with Crippen LogP contribution in [0.3, 0.4) is 0 Å². The van der Waals surface area contributed by atoms with Crippen molar-refractivity contribution in [3.05, 3.63) is 0 Å². The maximum atomic E-state index is 10.7. The number of amides is 1. The Hall–Kier alpha value is -1.63. The molecule has 1 atom stereocenters. The molecule has 1 unspecified atom stereocenters. The maximum Gasteiger partial charge on any atom is 0.372 e. The molecule has 1 amide bonds. The van der Waals surface area contributed by atoms with E-state index in [9.17, 15) is 14.4 Å². The number of primary amides is 1. The largest absolute Gasteiger partial charge is 0.372 e. The van der Waals surface area contributed by atoms with Crippen LogP contribution in [-0.2, 0) is 24.2 Å². The van der Waals surface area contributed by atoms with E-state index in [0.29, 0.717) is 0 Å². The molecule has 0 aromatic heterocycles. The Labute approximate surface area is 73.9 Å². The lowest BCUT2D eigenvalue weighted by Crippen LogP contribution is -2.33. The van der Waals surface area contributed by atoms with Crippen LogP contribution in [0.15, 0.2) is 0 Å². The lowest BCUT2D eigenvalue weighted by Gasteiger charge is -2.06. The van der Waals surface area contributed by atoms with Gasteiger partial charge in [-0.1, -0.05) is 0 Å². The van der Waals surface area contributed by atoms with Gasteiger partial charge in [-0.3, -0.25) is 14.5 Å². The standard InChI is InChI=1S/C6H10N2O5/c7-4(1-2-5(8)10)6(11)13-12-3-9/h3-4H,1-2,7H2,(H2,8,10). The zero-order valence-electron chi connectivity index (χ0n) is 6.76. The first-order valence-corrected chi connectivity index (χ1v) is 3.42. The van der Waals surface area contributed by atoms with E-state index in [0.717, 1.165) is 0 Å². The minimum atomic E-state index is -1.02. The van der Waals surface area contributed by atoms with E-state index in [-0.39, 0.29) is 19.3 Å². The Morgan fingerprint density at radius 1 is 1.46 bits per heavy atom. The summed E-state index contributed by atoms with van der Waals surface area (Å²) in [6.07, 6.45) is 0.0216. The minimum Gasteiger partial charge on any atom is -0.370 e. The van der Waals surface area contributed by atoms with Crippen molar-refractivity contribution in [1.82, 2.24) is 0 Å². The van der Waals surface area contributed by atoms with Crippen LogP contribution in [0.5, 0.6) is 0 Å². The molecule has 0 aromatic carbocycles. The Morgan fingerprint density at radius 3 is 2.54 bits per heavy atom. The predicted molar refractivity (Wildman–Crippen MR) is 39.6 cm³/mol. The molecule has 7 nitrogen and oxygen atoms in total. The molecule has 0 aliphatic rings. The lowest BCUT2D eigenvalue weighted by molar-refractivity contribution is -0.249. The van der Waals surface area contributed by atoms with E-state index in [4.69, 9.17) is 11.5 Å². The summed E-state index contributed by atoms with van der Waals surface area (Å²) < 4.78 is 0. The summed E-state index contributed by atoms with van der Waals surface area (Å²) in [6.45, 7) is -0.0568. The highest BCUT2D eigenvalue weighted by molar-refractivity contribution is 5.78. The number of hydrogen-bond acceptors (Lipinski definition) is 6. The summed E-state index contributed by atoms with van der Waals surface area (Å²) in [5.41, 5.74) is 10.0. The molecular formula is C6H10N2O5. The second-order valence-electron chi connectivity index (χ2n) is 2.21. The van der Waals surface area contributed by atoms with Crippen molar-refractivity contribution in [1.29, 1.82) is 0 Å². The molecule has 0 saturated heterocycles. The van der Waals surface area contributed by atoms with Gasteiger partial charge in [0.05, 0.1) is 0 Å². The van der Waals surface area contributed by atoms with Crippen molar-refractivity contribution in [2.75, 3.05) is 0 Å². The normalized spacial score (nSPS) is 11.5. The van der Waals surface area contributed by atoms with Crippen LogP contribution in [0.4, 0.5) is 0 Å². The van der Waals surface area contributed by atoms with Gasteiger partial charge >= 0.3 is 12.4 Å². The number of hydrogen-bond donors (Lipinski definition) is 2. The summed E-state index contributed by atoms with van der Waals surface area (Å²) in [4.78, 5) is 38.2. The van der Waals surface area contributed by atoms with Gasteiger partial charge in [0.1, 0.15) is 6.04 Å². The topological polar surface area (TPSA) is 122 Å². The monoisotopic (exact) mass is 190 g/mol. The summed E-state index contributed by atoms with van der Waals surface area (Å²) in [5, 5.41) is 0. The Balaban J connectivity index is 3.68. The van der Waals surface area contributed by atoms with Gasteiger partial charge in [0, 0.05) is 6.42 Å². The number of nitrogens with two attached hydrogens (primary N) is 2. The minimum absolute atomic E-state index is 0.0304. The molecule has 0 aromatic rings.